The normalized spacial score (nSPS) is 17.8. The summed E-state index contributed by atoms with van der Waals surface area (Å²) in [7, 11) is 0. The largest absolute Gasteiger partial charge is 0.466 e. The zero-order chi connectivity index (χ0) is 32.6. The molecule has 4 aromatic rings. The van der Waals surface area contributed by atoms with Gasteiger partial charge in [-0.25, -0.2) is 0 Å². The molecule has 0 radical (unpaired) electrons. The molecule has 0 amide bonds. The number of allylic oxidation sites excluding steroid dienone is 6. The summed E-state index contributed by atoms with van der Waals surface area (Å²) in [6.45, 7) is 17.6. The maximum absolute atomic E-state index is 11.5. The lowest BCUT2D eigenvalue weighted by Crippen LogP contribution is -2.27. The molecule has 0 unspecified atom stereocenters. The van der Waals surface area contributed by atoms with Gasteiger partial charge in [0.2, 0.25) is 5.69 Å². The molecule has 0 bridgehead atoms. The summed E-state index contributed by atoms with van der Waals surface area (Å²) in [5, 5.41) is 5.20. The lowest BCUT2D eigenvalue weighted by atomic mass is 9.79. The Morgan fingerprint density at radius 2 is 1.50 bits per heavy atom. The molecule has 6 rings (SSSR count). The number of rotatable bonds is 9. The van der Waals surface area contributed by atoms with Crippen molar-refractivity contribution in [3.63, 3.8) is 0 Å². The SMILES string of the molecule is CCN1/C(=C/C=C(/C=C/C2=[N+](CC)c3ccc4ccccc4c3C2(C)C)CCCOC(C)=O)C(C)(C)c2c1ccc1ccccc21. The quantitative estimate of drug-likeness (QED) is 0.0817. The van der Waals surface area contributed by atoms with Crippen molar-refractivity contribution < 1.29 is 14.1 Å². The molecule has 4 heteroatoms. The van der Waals surface area contributed by atoms with Crippen molar-refractivity contribution in [2.24, 2.45) is 0 Å². The first kappa shape index (κ1) is 31.5. The lowest BCUT2D eigenvalue weighted by molar-refractivity contribution is -0.433. The van der Waals surface area contributed by atoms with Gasteiger partial charge < -0.3 is 9.64 Å². The van der Waals surface area contributed by atoms with Crippen LogP contribution in [0.3, 0.4) is 0 Å². The standard InChI is InChI=1S/C42H47N2O2/c1-8-43-35-24-22-31-16-10-12-18-33(31)39(35)41(4,5)37(43)26-20-30(15-14-28-46-29(3)45)21-27-38-42(6,7)40-34-19-13-11-17-32(34)23-25-36(40)44(38)9-2/h10-13,16-27H,8-9,14-15,28H2,1-7H3/q+1. The monoisotopic (exact) mass is 611 g/mol. The van der Waals surface area contributed by atoms with Crippen molar-refractivity contribution >= 4 is 44.6 Å². The summed E-state index contributed by atoms with van der Waals surface area (Å²) in [5.74, 6) is -0.230. The van der Waals surface area contributed by atoms with Crippen molar-refractivity contribution in [3.8, 4) is 0 Å². The Balaban J connectivity index is 1.40. The third-order valence-corrected chi connectivity index (χ3v) is 9.97. The fraction of sp³-hybridized carbons (Fsp3) is 0.333. The smallest absolute Gasteiger partial charge is 0.302 e. The molecule has 0 aliphatic carbocycles. The molecule has 236 valence electrons. The minimum absolute atomic E-state index is 0.154. The van der Waals surface area contributed by atoms with E-state index < -0.39 is 0 Å². The van der Waals surface area contributed by atoms with Crippen LogP contribution < -0.4 is 4.90 Å². The average Bonchev–Trinajstić information content (AvgIpc) is 3.41. The van der Waals surface area contributed by atoms with Crippen LogP contribution in [0.25, 0.3) is 21.5 Å². The average molecular weight is 612 g/mol. The number of fused-ring (bicyclic) bond motifs is 6. The Morgan fingerprint density at radius 1 is 0.848 bits per heavy atom. The number of esters is 1. The highest BCUT2D eigenvalue weighted by molar-refractivity contribution is 6.07. The van der Waals surface area contributed by atoms with E-state index in [0.717, 1.165) is 25.9 Å². The molecule has 0 spiro atoms. The Hall–Kier alpha value is -4.44. The van der Waals surface area contributed by atoms with Crippen LogP contribution in [0, 0.1) is 0 Å². The number of anilines is 1. The summed E-state index contributed by atoms with van der Waals surface area (Å²) in [6.07, 6.45) is 10.8. The van der Waals surface area contributed by atoms with Crippen molar-refractivity contribution in [1.82, 2.24) is 0 Å². The third-order valence-electron chi connectivity index (χ3n) is 9.97. The summed E-state index contributed by atoms with van der Waals surface area (Å²) >= 11 is 0. The second-order valence-electron chi connectivity index (χ2n) is 13.6. The van der Waals surface area contributed by atoms with Crippen molar-refractivity contribution in [2.45, 2.75) is 72.1 Å². The zero-order valence-corrected chi connectivity index (χ0v) is 28.5. The van der Waals surface area contributed by atoms with Gasteiger partial charge in [0.05, 0.1) is 12.0 Å². The molecule has 0 saturated heterocycles. The molecule has 0 aromatic heterocycles. The van der Waals surface area contributed by atoms with Gasteiger partial charge in [-0.15, -0.1) is 0 Å². The number of ether oxygens (including phenoxy) is 1. The molecular formula is C42H47N2O2+. The topological polar surface area (TPSA) is 32.5 Å². The van der Waals surface area contributed by atoms with Crippen LogP contribution in [0.2, 0.25) is 0 Å². The summed E-state index contributed by atoms with van der Waals surface area (Å²) in [5.41, 5.74) is 8.89. The van der Waals surface area contributed by atoms with Crippen LogP contribution in [0.5, 0.6) is 0 Å². The highest BCUT2D eigenvalue weighted by Crippen LogP contribution is 2.50. The third kappa shape index (κ3) is 5.38. The number of nitrogens with zero attached hydrogens (tertiary/aromatic N) is 2. The maximum Gasteiger partial charge on any atom is 0.302 e. The first-order valence-electron chi connectivity index (χ1n) is 16.8. The van der Waals surface area contributed by atoms with Gasteiger partial charge in [0.15, 0.2) is 5.71 Å². The van der Waals surface area contributed by atoms with Gasteiger partial charge in [-0.3, -0.25) is 4.79 Å². The van der Waals surface area contributed by atoms with E-state index in [9.17, 15) is 4.79 Å². The molecule has 4 nitrogen and oxygen atoms in total. The van der Waals surface area contributed by atoms with Crippen LogP contribution in [0.1, 0.15) is 72.4 Å². The number of hydrogen-bond donors (Lipinski definition) is 0. The van der Waals surface area contributed by atoms with Gasteiger partial charge in [0, 0.05) is 48.0 Å². The van der Waals surface area contributed by atoms with Crippen molar-refractivity contribution in [3.05, 3.63) is 119 Å². The molecule has 4 aromatic carbocycles. The maximum atomic E-state index is 11.5. The second-order valence-corrected chi connectivity index (χ2v) is 13.6. The highest BCUT2D eigenvalue weighted by atomic mass is 16.5. The second kappa shape index (κ2) is 12.4. The van der Waals surface area contributed by atoms with Crippen LogP contribution in [-0.2, 0) is 20.4 Å². The van der Waals surface area contributed by atoms with E-state index in [4.69, 9.17) is 4.74 Å². The first-order valence-corrected chi connectivity index (χ1v) is 16.8. The number of carbonyl (C=O) groups is 1. The number of carbonyl (C=O) groups excluding carboxylic acids is 1. The van der Waals surface area contributed by atoms with E-state index in [2.05, 4.69) is 148 Å². The summed E-state index contributed by atoms with van der Waals surface area (Å²) in [6, 6.07) is 26.5. The molecule has 2 aliphatic rings. The van der Waals surface area contributed by atoms with Crippen LogP contribution in [0.4, 0.5) is 11.4 Å². The molecule has 0 fully saturated rings. The van der Waals surface area contributed by atoms with Crippen LogP contribution in [0.15, 0.2) is 108 Å². The Morgan fingerprint density at radius 3 is 2.15 bits per heavy atom. The van der Waals surface area contributed by atoms with E-state index in [1.54, 1.807) is 0 Å². The fourth-order valence-electron chi connectivity index (χ4n) is 7.84. The van der Waals surface area contributed by atoms with E-state index in [1.807, 2.05) is 0 Å². The number of likely N-dealkylation sites (N-methyl/N-ethyl adjacent to an activating group) is 1. The molecule has 0 N–H and O–H groups in total. The van der Waals surface area contributed by atoms with Gasteiger partial charge in [0.25, 0.3) is 0 Å². The minimum Gasteiger partial charge on any atom is -0.466 e. The van der Waals surface area contributed by atoms with Gasteiger partial charge in [-0.05, 0) is 91.4 Å². The van der Waals surface area contributed by atoms with Gasteiger partial charge in [0.1, 0.15) is 6.54 Å². The van der Waals surface area contributed by atoms with Crippen LogP contribution in [-0.4, -0.2) is 36.0 Å². The Kier molecular flexibility index (Phi) is 8.50. The van der Waals surface area contributed by atoms with Crippen molar-refractivity contribution in [2.75, 3.05) is 24.6 Å². The van der Waals surface area contributed by atoms with Gasteiger partial charge in [-0.2, -0.15) is 4.58 Å². The van der Waals surface area contributed by atoms with Crippen LogP contribution >= 0.6 is 0 Å². The summed E-state index contributed by atoms with van der Waals surface area (Å²) < 4.78 is 7.79. The molecule has 0 atom stereocenters. The molecule has 0 saturated carbocycles. The van der Waals surface area contributed by atoms with E-state index in [-0.39, 0.29) is 16.8 Å². The molecule has 2 aliphatic heterocycles. The van der Waals surface area contributed by atoms with Gasteiger partial charge in [-0.1, -0.05) is 80.6 Å². The first-order chi connectivity index (χ1) is 22.1. The van der Waals surface area contributed by atoms with Crippen molar-refractivity contribution in [1.29, 1.82) is 0 Å². The highest BCUT2D eigenvalue weighted by Gasteiger charge is 2.45. The van der Waals surface area contributed by atoms with E-state index >= 15 is 0 Å². The predicted octanol–water partition coefficient (Wildman–Crippen LogP) is 9.92. The molecular weight excluding hydrogens is 564 g/mol. The van der Waals surface area contributed by atoms with Gasteiger partial charge >= 0.3 is 5.97 Å². The Labute approximate surface area is 274 Å². The predicted molar refractivity (Wildman–Crippen MR) is 194 cm³/mol. The fourth-order valence-corrected chi connectivity index (χ4v) is 7.84. The van der Waals surface area contributed by atoms with E-state index in [1.165, 1.54) is 68.0 Å². The number of benzene rings is 4. The zero-order valence-electron chi connectivity index (χ0n) is 28.5. The number of hydrogen-bond acceptors (Lipinski definition) is 3. The minimum atomic E-state index is -0.230. The summed E-state index contributed by atoms with van der Waals surface area (Å²) in [4.78, 5) is 14.0. The molecule has 2 heterocycles. The Bertz CT molecular complexity index is 1950. The van der Waals surface area contributed by atoms with E-state index in [0.29, 0.717) is 6.61 Å². The molecule has 46 heavy (non-hydrogen) atoms. The lowest BCUT2D eigenvalue weighted by Gasteiger charge is -2.26.